The van der Waals surface area contributed by atoms with Crippen molar-refractivity contribution in [2.24, 2.45) is 0 Å². The number of hydrogen-bond acceptors (Lipinski definition) is 4. The summed E-state index contributed by atoms with van der Waals surface area (Å²) in [7, 11) is 0. The van der Waals surface area contributed by atoms with Crippen molar-refractivity contribution < 1.29 is 14.0 Å². The number of aromatic nitrogens is 1. The van der Waals surface area contributed by atoms with Gasteiger partial charge in [0.25, 0.3) is 5.91 Å². The summed E-state index contributed by atoms with van der Waals surface area (Å²) in [6.07, 6.45) is 1.63. The van der Waals surface area contributed by atoms with Gasteiger partial charge < -0.3 is 10.2 Å². The number of carbonyl (C=O) groups excluding carboxylic acids is 2. The predicted molar refractivity (Wildman–Crippen MR) is 137 cm³/mol. The zero-order valence-corrected chi connectivity index (χ0v) is 19.9. The third kappa shape index (κ3) is 6.44. The number of halogens is 3. The molecule has 8 heteroatoms. The van der Waals surface area contributed by atoms with E-state index in [0.29, 0.717) is 32.7 Å². The van der Waals surface area contributed by atoms with Gasteiger partial charge in [-0.3, -0.25) is 9.59 Å². The third-order valence-corrected chi connectivity index (χ3v) is 5.74. The van der Waals surface area contributed by atoms with Gasteiger partial charge >= 0.3 is 0 Å². The fourth-order valence-electron chi connectivity index (χ4n) is 3.36. The number of ketones is 1. The van der Waals surface area contributed by atoms with Crippen LogP contribution in [0.5, 0.6) is 0 Å². The standard InChI is InChI=1S/C27H20Cl2FN3O2/c28-21-6-2-19(3-7-21)25(34)16-32-26-14-1-18(15-31-26)17-33(24-12-10-23(30)11-13-24)27(35)20-4-8-22(29)9-5-20/h1-15H,16-17H2,(H,31,32). The highest BCUT2D eigenvalue weighted by Gasteiger charge is 2.19. The lowest BCUT2D eigenvalue weighted by atomic mass is 10.1. The van der Waals surface area contributed by atoms with Crippen LogP contribution < -0.4 is 10.2 Å². The largest absolute Gasteiger partial charge is 0.363 e. The highest BCUT2D eigenvalue weighted by atomic mass is 35.5. The van der Waals surface area contributed by atoms with Gasteiger partial charge in [0.05, 0.1) is 13.1 Å². The molecule has 0 aliphatic carbocycles. The van der Waals surface area contributed by atoms with E-state index < -0.39 is 5.82 Å². The molecule has 0 bridgehead atoms. The van der Waals surface area contributed by atoms with Gasteiger partial charge in [0.2, 0.25) is 0 Å². The summed E-state index contributed by atoms with van der Waals surface area (Å²) in [5.41, 5.74) is 2.30. The lowest BCUT2D eigenvalue weighted by Gasteiger charge is -2.23. The van der Waals surface area contributed by atoms with Gasteiger partial charge in [-0.25, -0.2) is 9.37 Å². The van der Waals surface area contributed by atoms with Crippen LogP contribution in [-0.2, 0) is 6.54 Å². The van der Waals surface area contributed by atoms with Crippen molar-refractivity contribution in [1.29, 1.82) is 0 Å². The normalized spacial score (nSPS) is 10.6. The Bertz CT molecular complexity index is 1310. The second-order valence-corrected chi connectivity index (χ2v) is 8.58. The molecule has 35 heavy (non-hydrogen) atoms. The minimum atomic E-state index is -0.391. The highest BCUT2D eigenvalue weighted by Crippen LogP contribution is 2.22. The van der Waals surface area contributed by atoms with E-state index in [2.05, 4.69) is 10.3 Å². The molecule has 3 aromatic carbocycles. The SMILES string of the molecule is O=C(CNc1ccc(CN(C(=O)c2ccc(Cl)cc2)c2ccc(F)cc2)cn1)c1ccc(Cl)cc1. The van der Waals surface area contributed by atoms with Crippen LogP contribution in [0.4, 0.5) is 15.9 Å². The topological polar surface area (TPSA) is 62.3 Å². The van der Waals surface area contributed by atoms with Crippen molar-refractivity contribution in [1.82, 2.24) is 4.98 Å². The van der Waals surface area contributed by atoms with E-state index in [1.807, 2.05) is 6.07 Å². The molecular weight excluding hydrogens is 488 g/mol. The molecule has 0 aliphatic heterocycles. The molecular formula is C27H20Cl2FN3O2. The number of carbonyl (C=O) groups is 2. The molecule has 4 aromatic rings. The first-order valence-corrected chi connectivity index (χ1v) is 11.5. The van der Waals surface area contributed by atoms with Crippen LogP contribution in [0, 0.1) is 5.82 Å². The van der Waals surface area contributed by atoms with Crippen LogP contribution in [0.1, 0.15) is 26.3 Å². The summed E-state index contributed by atoms with van der Waals surface area (Å²) in [6, 6.07) is 22.5. The molecule has 0 unspecified atom stereocenters. The van der Waals surface area contributed by atoms with Gasteiger partial charge in [0.1, 0.15) is 11.6 Å². The Morgan fingerprint density at radius 3 is 1.97 bits per heavy atom. The van der Waals surface area contributed by atoms with Crippen molar-refractivity contribution >= 4 is 46.4 Å². The third-order valence-electron chi connectivity index (χ3n) is 5.24. The van der Waals surface area contributed by atoms with Crippen molar-refractivity contribution in [3.63, 3.8) is 0 Å². The van der Waals surface area contributed by atoms with Crippen molar-refractivity contribution in [2.75, 3.05) is 16.8 Å². The molecule has 0 fully saturated rings. The number of rotatable bonds is 8. The number of amides is 1. The monoisotopic (exact) mass is 507 g/mol. The Labute approximate surface area is 212 Å². The smallest absolute Gasteiger partial charge is 0.258 e. The second kappa shape index (κ2) is 11.1. The molecule has 0 saturated carbocycles. The summed E-state index contributed by atoms with van der Waals surface area (Å²) in [6.45, 7) is 0.287. The molecule has 0 radical (unpaired) electrons. The van der Waals surface area contributed by atoms with Crippen LogP contribution >= 0.6 is 23.2 Å². The molecule has 0 saturated heterocycles. The number of pyridine rings is 1. The molecule has 0 spiro atoms. The average molecular weight is 508 g/mol. The van der Waals surface area contributed by atoms with Crippen LogP contribution in [0.25, 0.3) is 0 Å². The molecule has 0 atom stereocenters. The second-order valence-electron chi connectivity index (χ2n) is 7.71. The maximum absolute atomic E-state index is 13.5. The summed E-state index contributed by atoms with van der Waals surface area (Å²) in [5, 5.41) is 4.09. The summed E-state index contributed by atoms with van der Waals surface area (Å²) >= 11 is 11.8. The Hall–Kier alpha value is -3.74. The molecule has 5 nitrogen and oxygen atoms in total. The average Bonchev–Trinajstić information content (AvgIpc) is 2.88. The lowest BCUT2D eigenvalue weighted by Crippen LogP contribution is -2.30. The maximum Gasteiger partial charge on any atom is 0.258 e. The van der Waals surface area contributed by atoms with Crippen LogP contribution in [0.2, 0.25) is 10.0 Å². The molecule has 4 rings (SSSR count). The first kappa shape index (κ1) is 24.4. The van der Waals surface area contributed by atoms with Crippen molar-refractivity contribution in [2.45, 2.75) is 6.54 Å². The van der Waals surface area contributed by atoms with E-state index in [1.165, 1.54) is 17.0 Å². The number of nitrogens with one attached hydrogen (secondary N) is 1. The fourth-order valence-corrected chi connectivity index (χ4v) is 3.62. The van der Waals surface area contributed by atoms with Gasteiger partial charge in [-0.15, -0.1) is 0 Å². The molecule has 176 valence electrons. The molecule has 1 heterocycles. The molecule has 0 aliphatic rings. The van der Waals surface area contributed by atoms with E-state index in [-0.39, 0.29) is 24.8 Å². The zero-order chi connectivity index (χ0) is 24.8. The van der Waals surface area contributed by atoms with E-state index in [0.717, 1.165) is 5.56 Å². The molecule has 1 N–H and O–H groups in total. The Morgan fingerprint density at radius 1 is 0.800 bits per heavy atom. The summed E-state index contributed by atoms with van der Waals surface area (Å²) in [4.78, 5) is 31.5. The number of hydrogen-bond donors (Lipinski definition) is 1. The first-order chi connectivity index (χ1) is 16.9. The minimum Gasteiger partial charge on any atom is -0.363 e. The maximum atomic E-state index is 13.5. The Balaban J connectivity index is 1.47. The van der Waals surface area contributed by atoms with E-state index >= 15 is 0 Å². The van der Waals surface area contributed by atoms with Gasteiger partial charge in [0, 0.05) is 33.1 Å². The van der Waals surface area contributed by atoms with Gasteiger partial charge in [-0.1, -0.05) is 29.3 Å². The van der Waals surface area contributed by atoms with Crippen LogP contribution in [0.3, 0.4) is 0 Å². The van der Waals surface area contributed by atoms with Crippen LogP contribution in [-0.4, -0.2) is 23.2 Å². The Kier molecular flexibility index (Phi) is 7.75. The number of nitrogens with zero attached hydrogens (tertiary/aromatic N) is 2. The predicted octanol–water partition coefficient (Wildman–Crippen LogP) is 6.67. The highest BCUT2D eigenvalue weighted by molar-refractivity contribution is 6.31. The lowest BCUT2D eigenvalue weighted by molar-refractivity contribution is 0.0982. The van der Waals surface area contributed by atoms with Crippen LogP contribution in [0.15, 0.2) is 91.1 Å². The van der Waals surface area contributed by atoms with Gasteiger partial charge in [-0.05, 0) is 84.4 Å². The number of Topliss-reactive ketones (excluding diaryl/α,β-unsaturated/α-hetero) is 1. The fraction of sp³-hybridized carbons (Fsp3) is 0.0741. The Morgan fingerprint density at radius 2 is 1.40 bits per heavy atom. The van der Waals surface area contributed by atoms with E-state index in [9.17, 15) is 14.0 Å². The van der Waals surface area contributed by atoms with E-state index in [4.69, 9.17) is 23.2 Å². The van der Waals surface area contributed by atoms with Crippen molar-refractivity contribution in [3.8, 4) is 0 Å². The number of benzene rings is 3. The number of anilines is 2. The molecule has 1 aromatic heterocycles. The first-order valence-electron chi connectivity index (χ1n) is 10.7. The zero-order valence-electron chi connectivity index (χ0n) is 18.4. The summed E-state index contributed by atoms with van der Waals surface area (Å²) in [5.74, 6) is -0.223. The summed E-state index contributed by atoms with van der Waals surface area (Å²) < 4.78 is 13.5. The van der Waals surface area contributed by atoms with Gasteiger partial charge in [0.15, 0.2) is 5.78 Å². The van der Waals surface area contributed by atoms with Crippen molar-refractivity contribution in [3.05, 3.63) is 124 Å². The minimum absolute atomic E-state index is 0.0741. The van der Waals surface area contributed by atoms with Gasteiger partial charge in [-0.2, -0.15) is 0 Å². The molecule has 1 amide bonds. The van der Waals surface area contributed by atoms with E-state index in [1.54, 1.807) is 72.9 Å². The quantitative estimate of drug-likeness (QED) is 0.270.